The summed E-state index contributed by atoms with van der Waals surface area (Å²) in [5.74, 6) is -1.55. The number of amides is 2. The Kier molecular flexibility index (Phi) is 5.60. The predicted molar refractivity (Wildman–Crippen MR) is 94.0 cm³/mol. The van der Waals surface area contributed by atoms with E-state index in [9.17, 15) is 14.0 Å². The lowest BCUT2D eigenvalue weighted by Crippen LogP contribution is -2.35. The zero-order chi connectivity index (χ0) is 18.5. The molecule has 2 heterocycles. The standard InChI is InChI=1S/C17H17FN5O2S/c1-11-14(16(25)23-9-5-2-6-10-23)26-17(19-11)21-22-20-15(24)12-7-3-4-8-13(12)18/h3-4,7-8H,2,5-6,9-10H2,1H3/q+1. The predicted octanol–water partition coefficient (Wildman–Crippen LogP) is 3.66. The highest BCUT2D eigenvalue weighted by atomic mass is 32.1. The van der Waals surface area contributed by atoms with Gasteiger partial charge in [0.15, 0.2) is 5.11 Å². The van der Waals surface area contributed by atoms with Gasteiger partial charge in [0.1, 0.15) is 10.7 Å². The molecule has 26 heavy (non-hydrogen) atoms. The third-order valence-electron chi connectivity index (χ3n) is 3.99. The van der Waals surface area contributed by atoms with E-state index in [1.165, 1.54) is 24.3 Å². The summed E-state index contributed by atoms with van der Waals surface area (Å²) in [7, 11) is 0. The van der Waals surface area contributed by atoms with Crippen LogP contribution in [-0.2, 0) is 0 Å². The minimum Gasteiger partial charge on any atom is -0.338 e. The molecule has 0 spiro atoms. The van der Waals surface area contributed by atoms with Crippen molar-refractivity contribution in [2.45, 2.75) is 26.2 Å². The molecule has 1 aromatic heterocycles. The number of likely N-dealkylation sites (tertiary alicyclic amines) is 1. The number of benzene rings is 1. The highest BCUT2D eigenvalue weighted by Gasteiger charge is 2.24. The number of nitrogens with zero attached hydrogens (tertiary/aromatic N) is 5. The van der Waals surface area contributed by atoms with Crippen LogP contribution in [0.1, 0.15) is 45.0 Å². The van der Waals surface area contributed by atoms with Gasteiger partial charge in [0.05, 0.1) is 11.3 Å². The van der Waals surface area contributed by atoms with E-state index in [2.05, 4.69) is 20.1 Å². The molecule has 0 bridgehead atoms. The second-order valence-corrected chi connectivity index (χ2v) is 6.82. The third kappa shape index (κ3) is 4.07. The molecule has 0 atom stereocenters. The van der Waals surface area contributed by atoms with Crippen molar-refractivity contribution in [3.05, 3.63) is 46.2 Å². The summed E-state index contributed by atoms with van der Waals surface area (Å²) in [6, 6.07) is 5.50. The first kappa shape index (κ1) is 18.0. The molecule has 1 fully saturated rings. The lowest BCUT2D eigenvalue weighted by Gasteiger charge is -2.26. The van der Waals surface area contributed by atoms with Crippen molar-refractivity contribution in [2.24, 2.45) is 10.2 Å². The molecule has 1 aromatic carbocycles. The average Bonchev–Trinajstić information content (AvgIpc) is 3.02. The fraction of sp³-hybridized carbons (Fsp3) is 0.353. The largest absolute Gasteiger partial charge is 0.363 e. The Morgan fingerprint density at radius 1 is 1.23 bits per heavy atom. The zero-order valence-electron chi connectivity index (χ0n) is 14.2. The number of halogens is 1. The number of piperidine rings is 1. The van der Waals surface area contributed by atoms with Crippen LogP contribution >= 0.6 is 11.3 Å². The third-order valence-corrected chi connectivity index (χ3v) is 5.02. The van der Waals surface area contributed by atoms with Gasteiger partial charge in [-0.25, -0.2) is 9.37 Å². The van der Waals surface area contributed by atoms with Crippen molar-refractivity contribution in [1.29, 1.82) is 0 Å². The maximum atomic E-state index is 13.5. The normalized spacial score (nSPS) is 13.8. The molecular formula is C17H17FN5O2S+. The molecule has 7 nitrogen and oxygen atoms in total. The Labute approximate surface area is 153 Å². The van der Waals surface area contributed by atoms with Crippen LogP contribution < -0.4 is 4.91 Å². The molecule has 134 valence electrons. The van der Waals surface area contributed by atoms with Crippen LogP contribution in [0.25, 0.3) is 0 Å². The van der Waals surface area contributed by atoms with Gasteiger partial charge in [0.2, 0.25) is 10.0 Å². The number of aryl methyl sites for hydroxylation is 1. The van der Waals surface area contributed by atoms with Crippen LogP contribution in [0, 0.1) is 12.7 Å². The first-order chi connectivity index (χ1) is 12.6. The lowest BCUT2D eigenvalue weighted by molar-refractivity contribution is 0.0728. The van der Waals surface area contributed by atoms with Gasteiger partial charge in [-0.2, -0.15) is 0 Å². The Hall–Kier alpha value is -2.77. The van der Waals surface area contributed by atoms with Gasteiger partial charge in [0.25, 0.3) is 11.0 Å². The molecule has 1 aliphatic rings. The molecule has 0 radical (unpaired) electrons. The highest BCUT2D eigenvalue weighted by molar-refractivity contribution is 7.17. The van der Waals surface area contributed by atoms with Crippen molar-refractivity contribution in [3.8, 4) is 0 Å². The van der Waals surface area contributed by atoms with Crippen LogP contribution in [0.2, 0.25) is 0 Å². The molecule has 2 amide bonds. The summed E-state index contributed by atoms with van der Waals surface area (Å²) in [6.07, 6.45) is 3.16. The van der Waals surface area contributed by atoms with Gasteiger partial charge in [-0.05, 0) is 38.3 Å². The van der Waals surface area contributed by atoms with E-state index in [0.717, 1.165) is 43.7 Å². The molecular weight excluding hydrogens is 357 g/mol. The number of hydrogen-bond donors (Lipinski definition) is 0. The number of thiazole rings is 1. The van der Waals surface area contributed by atoms with Crippen LogP contribution in [-0.4, -0.2) is 34.8 Å². The van der Waals surface area contributed by atoms with Gasteiger partial charge >= 0.3 is 5.91 Å². The topological polar surface area (TPSA) is 89.1 Å². The zero-order valence-corrected chi connectivity index (χ0v) is 15.0. The molecule has 0 aliphatic carbocycles. The summed E-state index contributed by atoms with van der Waals surface area (Å²) < 4.78 is 13.5. The Morgan fingerprint density at radius 2 is 1.96 bits per heavy atom. The van der Waals surface area contributed by atoms with Gasteiger partial charge < -0.3 is 4.90 Å². The van der Waals surface area contributed by atoms with Gasteiger partial charge in [0, 0.05) is 13.1 Å². The van der Waals surface area contributed by atoms with E-state index in [-0.39, 0.29) is 16.6 Å². The Morgan fingerprint density at radius 3 is 2.69 bits per heavy atom. The van der Waals surface area contributed by atoms with E-state index in [4.69, 9.17) is 0 Å². The first-order valence-electron chi connectivity index (χ1n) is 8.23. The van der Waals surface area contributed by atoms with Crippen molar-refractivity contribution in [1.82, 2.24) is 14.8 Å². The number of carbonyl (C=O) groups excluding carboxylic acids is 2. The van der Waals surface area contributed by atoms with Crippen LogP contribution in [0.3, 0.4) is 0 Å². The molecule has 2 aromatic rings. The molecule has 1 saturated heterocycles. The van der Waals surface area contributed by atoms with Crippen molar-refractivity contribution >= 4 is 28.3 Å². The molecule has 0 saturated carbocycles. The number of aromatic nitrogens is 1. The molecule has 0 N–H and O–H groups in total. The van der Waals surface area contributed by atoms with Crippen molar-refractivity contribution in [3.63, 3.8) is 0 Å². The summed E-state index contributed by atoms with van der Waals surface area (Å²) in [5, 5.41) is 7.37. The minimum atomic E-state index is -0.829. The fourth-order valence-electron chi connectivity index (χ4n) is 2.65. The molecule has 0 unspecified atom stereocenters. The van der Waals surface area contributed by atoms with Crippen LogP contribution in [0.15, 0.2) is 34.5 Å². The smallest absolute Gasteiger partial charge is 0.338 e. The number of hydrogen-bond acceptors (Lipinski definition) is 5. The van der Waals surface area contributed by atoms with Crippen molar-refractivity contribution < 1.29 is 14.0 Å². The summed E-state index contributed by atoms with van der Waals surface area (Å²) in [5.41, 5.74) is 0.391. The Bertz CT molecular complexity index is 898. The highest BCUT2D eigenvalue weighted by Crippen LogP contribution is 2.26. The van der Waals surface area contributed by atoms with E-state index >= 15 is 0 Å². The molecule has 3 rings (SSSR count). The second kappa shape index (κ2) is 8.07. The first-order valence-corrected chi connectivity index (χ1v) is 9.05. The fourth-order valence-corrected chi connectivity index (χ4v) is 3.51. The van der Waals surface area contributed by atoms with E-state index in [1.54, 1.807) is 6.92 Å². The van der Waals surface area contributed by atoms with E-state index in [0.29, 0.717) is 10.6 Å². The summed E-state index contributed by atoms with van der Waals surface area (Å²) >= 11 is 1.10. The van der Waals surface area contributed by atoms with Crippen LogP contribution in [0.4, 0.5) is 9.52 Å². The molecule has 1 aliphatic heterocycles. The second-order valence-electron chi connectivity index (χ2n) is 5.84. The minimum absolute atomic E-state index is 0.0551. The van der Waals surface area contributed by atoms with E-state index < -0.39 is 11.7 Å². The SMILES string of the molecule is Cc1nc(N=[N+]=NC(=O)c2ccccc2F)sc1C(=O)N1CCCCC1. The maximum Gasteiger partial charge on any atom is 0.363 e. The number of rotatable bonds is 3. The monoisotopic (exact) mass is 374 g/mol. The average molecular weight is 374 g/mol. The molecule has 9 heteroatoms. The van der Waals surface area contributed by atoms with Gasteiger partial charge in [-0.3, -0.25) is 9.59 Å². The lowest BCUT2D eigenvalue weighted by atomic mass is 10.1. The van der Waals surface area contributed by atoms with Gasteiger partial charge in [-0.15, -0.1) is 0 Å². The summed E-state index contributed by atoms with van der Waals surface area (Å²) in [4.78, 5) is 34.3. The van der Waals surface area contributed by atoms with Crippen LogP contribution in [0.5, 0.6) is 0 Å². The quantitative estimate of drug-likeness (QED) is 0.606. The Balaban J connectivity index is 1.74. The van der Waals surface area contributed by atoms with E-state index in [1.807, 2.05) is 4.90 Å². The summed E-state index contributed by atoms with van der Waals surface area (Å²) in [6.45, 7) is 3.23. The maximum absolute atomic E-state index is 13.5. The van der Waals surface area contributed by atoms with Crippen molar-refractivity contribution in [2.75, 3.05) is 13.1 Å². The number of carbonyl (C=O) groups is 2. The van der Waals surface area contributed by atoms with Gasteiger partial charge in [-0.1, -0.05) is 23.5 Å².